The summed E-state index contributed by atoms with van der Waals surface area (Å²) >= 11 is 0. The molecule has 1 fully saturated rings. The normalized spacial score (nSPS) is 22.8. The molecule has 1 aliphatic carbocycles. The van der Waals surface area contributed by atoms with Gasteiger partial charge in [-0.3, -0.25) is 0 Å². The molecule has 2 rings (SSSR count). The molecular weight excluding hydrogens is 222 g/mol. The molecule has 0 unspecified atom stereocenters. The minimum absolute atomic E-state index is 0.0734. The molecule has 0 aromatic heterocycles. The monoisotopic (exact) mass is 239 g/mol. The lowest BCUT2D eigenvalue weighted by Crippen LogP contribution is -2.33. The zero-order chi connectivity index (χ0) is 11.6. The Morgan fingerprint density at radius 1 is 1.25 bits per heavy atom. The van der Waals surface area contributed by atoms with E-state index in [4.69, 9.17) is 4.78 Å². The van der Waals surface area contributed by atoms with Crippen molar-refractivity contribution in [3.8, 4) is 0 Å². The zero-order valence-electron chi connectivity index (χ0n) is 9.19. The SMILES string of the molecule is N=[S@](=O)(CC1(O)CCCC1)c1ccccc1. The summed E-state index contributed by atoms with van der Waals surface area (Å²) in [6.45, 7) is 0. The van der Waals surface area contributed by atoms with Gasteiger partial charge in [-0.05, 0) is 25.0 Å². The molecule has 16 heavy (non-hydrogen) atoms. The second kappa shape index (κ2) is 4.18. The second-order valence-electron chi connectivity index (χ2n) is 4.56. The molecule has 1 aromatic rings. The lowest BCUT2D eigenvalue weighted by molar-refractivity contribution is 0.0719. The minimum atomic E-state index is -2.85. The van der Waals surface area contributed by atoms with Crippen molar-refractivity contribution in [2.24, 2.45) is 0 Å². The summed E-state index contributed by atoms with van der Waals surface area (Å²) in [6, 6.07) is 8.80. The molecular formula is C12H17NO2S. The van der Waals surface area contributed by atoms with Crippen molar-refractivity contribution in [3.05, 3.63) is 30.3 Å². The highest BCUT2D eigenvalue weighted by atomic mass is 32.2. The summed E-state index contributed by atoms with van der Waals surface area (Å²) in [6.07, 6.45) is 3.30. The van der Waals surface area contributed by atoms with Gasteiger partial charge in [0.05, 0.1) is 21.1 Å². The van der Waals surface area contributed by atoms with Crippen LogP contribution >= 0.6 is 0 Å². The van der Waals surface area contributed by atoms with Crippen LogP contribution in [0.15, 0.2) is 35.2 Å². The van der Waals surface area contributed by atoms with Gasteiger partial charge in [0.15, 0.2) is 0 Å². The van der Waals surface area contributed by atoms with Crippen molar-refractivity contribution < 1.29 is 9.32 Å². The summed E-state index contributed by atoms with van der Waals surface area (Å²) in [5, 5.41) is 10.2. The highest BCUT2D eigenvalue weighted by molar-refractivity contribution is 7.92. The molecule has 88 valence electrons. The number of benzene rings is 1. The predicted molar refractivity (Wildman–Crippen MR) is 63.9 cm³/mol. The molecule has 0 amide bonds. The lowest BCUT2D eigenvalue weighted by Gasteiger charge is -2.23. The van der Waals surface area contributed by atoms with Gasteiger partial charge >= 0.3 is 0 Å². The summed E-state index contributed by atoms with van der Waals surface area (Å²) in [5.74, 6) is 0.0734. The Hall–Kier alpha value is -0.870. The van der Waals surface area contributed by atoms with Gasteiger partial charge in [-0.1, -0.05) is 31.0 Å². The fraction of sp³-hybridized carbons (Fsp3) is 0.500. The van der Waals surface area contributed by atoms with Crippen LogP contribution in [0, 0.1) is 4.78 Å². The third-order valence-corrected chi connectivity index (χ3v) is 5.11. The summed E-state index contributed by atoms with van der Waals surface area (Å²) in [5.41, 5.74) is -0.880. The van der Waals surface area contributed by atoms with Gasteiger partial charge in [0.2, 0.25) is 0 Å². The van der Waals surface area contributed by atoms with Crippen molar-refractivity contribution >= 4 is 9.73 Å². The predicted octanol–water partition coefficient (Wildman–Crippen LogP) is 2.40. The zero-order valence-corrected chi connectivity index (χ0v) is 10.0. The number of nitrogens with one attached hydrogen (secondary N) is 1. The number of rotatable bonds is 3. The van der Waals surface area contributed by atoms with Gasteiger partial charge in [0, 0.05) is 4.90 Å². The van der Waals surface area contributed by atoms with Crippen LogP contribution in [-0.2, 0) is 9.73 Å². The maximum Gasteiger partial charge on any atom is 0.0774 e. The van der Waals surface area contributed by atoms with Crippen LogP contribution < -0.4 is 0 Å². The van der Waals surface area contributed by atoms with Crippen LogP contribution in [0.5, 0.6) is 0 Å². The van der Waals surface area contributed by atoms with Crippen molar-refractivity contribution in [1.82, 2.24) is 0 Å². The van der Waals surface area contributed by atoms with E-state index in [0.29, 0.717) is 17.7 Å². The third-order valence-electron chi connectivity index (χ3n) is 3.13. The summed E-state index contributed by atoms with van der Waals surface area (Å²) in [4.78, 5) is 0.523. The van der Waals surface area contributed by atoms with Gasteiger partial charge in [-0.2, -0.15) is 0 Å². The lowest BCUT2D eigenvalue weighted by atomic mass is 10.1. The average Bonchev–Trinajstić information content (AvgIpc) is 2.65. The molecule has 0 bridgehead atoms. The molecule has 1 aromatic carbocycles. The topological polar surface area (TPSA) is 61.2 Å². The van der Waals surface area contributed by atoms with Gasteiger partial charge in [-0.25, -0.2) is 8.99 Å². The van der Waals surface area contributed by atoms with E-state index in [2.05, 4.69) is 0 Å². The Bertz CT molecular complexity index is 447. The molecule has 0 heterocycles. The first-order valence-electron chi connectivity index (χ1n) is 5.56. The standard InChI is InChI=1S/C12H17NO2S/c13-16(15,11-6-2-1-3-7-11)10-12(14)8-4-5-9-12/h1-3,6-7,13-14H,4-5,8-10H2/t16-/m0/s1. The van der Waals surface area contributed by atoms with E-state index in [1.807, 2.05) is 6.07 Å². The van der Waals surface area contributed by atoms with E-state index in [9.17, 15) is 9.32 Å². The molecule has 2 N–H and O–H groups in total. The first kappa shape index (κ1) is 11.6. The fourth-order valence-electron chi connectivity index (χ4n) is 2.28. The highest BCUT2D eigenvalue weighted by Gasteiger charge is 2.34. The van der Waals surface area contributed by atoms with E-state index in [1.165, 1.54) is 0 Å². The third kappa shape index (κ3) is 2.44. The molecule has 4 heteroatoms. The summed E-state index contributed by atoms with van der Waals surface area (Å²) in [7, 11) is -2.85. The Morgan fingerprint density at radius 2 is 1.81 bits per heavy atom. The molecule has 1 aliphatic rings. The van der Waals surface area contributed by atoms with E-state index in [-0.39, 0.29) is 5.75 Å². The molecule has 0 saturated heterocycles. The van der Waals surface area contributed by atoms with Gasteiger partial charge in [0.25, 0.3) is 0 Å². The van der Waals surface area contributed by atoms with Crippen LogP contribution in [0.4, 0.5) is 0 Å². The van der Waals surface area contributed by atoms with Gasteiger partial charge in [0.1, 0.15) is 0 Å². The molecule has 1 saturated carbocycles. The Labute approximate surface area is 96.5 Å². The van der Waals surface area contributed by atoms with Gasteiger partial charge < -0.3 is 5.11 Å². The van der Waals surface area contributed by atoms with Crippen LogP contribution in [0.2, 0.25) is 0 Å². The van der Waals surface area contributed by atoms with Crippen LogP contribution in [0.1, 0.15) is 25.7 Å². The minimum Gasteiger partial charge on any atom is -0.389 e. The first-order valence-corrected chi connectivity index (χ1v) is 7.29. The first-order chi connectivity index (χ1) is 7.52. The number of hydrogen-bond acceptors (Lipinski definition) is 3. The van der Waals surface area contributed by atoms with Crippen molar-refractivity contribution in [3.63, 3.8) is 0 Å². The average molecular weight is 239 g/mol. The molecule has 1 atom stereocenters. The molecule has 0 aliphatic heterocycles. The van der Waals surface area contributed by atoms with Gasteiger partial charge in [-0.15, -0.1) is 0 Å². The van der Waals surface area contributed by atoms with Crippen LogP contribution in [0.3, 0.4) is 0 Å². The summed E-state index contributed by atoms with van der Waals surface area (Å²) < 4.78 is 20.2. The fourth-order valence-corrected chi connectivity index (χ4v) is 4.09. The van der Waals surface area contributed by atoms with Crippen molar-refractivity contribution in [1.29, 1.82) is 4.78 Å². The molecule has 0 spiro atoms. The molecule has 3 nitrogen and oxygen atoms in total. The van der Waals surface area contributed by atoms with Crippen molar-refractivity contribution in [2.75, 3.05) is 5.75 Å². The van der Waals surface area contributed by atoms with Crippen LogP contribution in [-0.4, -0.2) is 20.7 Å². The number of hydrogen-bond donors (Lipinski definition) is 2. The smallest absolute Gasteiger partial charge is 0.0774 e. The van der Waals surface area contributed by atoms with E-state index >= 15 is 0 Å². The Balaban J connectivity index is 2.21. The largest absolute Gasteiger partial charge is 0.389 e. The maximum absolute atomic E-state index is 12.3. The number of aliphatic hydroxyl groups is 1. The Morgan fingerprint density at radius 3 is 2.38 bits per heavy atom. The second-order valence-corrected chi connectivity index (χ2v) is 6.67. The molecule has 0 radical (unpaired) electrons. The van der Waals surface area contributed by atoms with E-state index in [1.54, 1.807) is 24.3 Å². The quantitative estimate of drug-likeness (QED) is 0.850. The van der Waals surface area contributed by atoms with E-state index in [0.717, 1.165) is 12.8 Å². The van der Waals surface area contributed by atoms with E-state index < -0.39 is 15.3 Å². The Kier molecular flexibility index (Phi) is 3.04. The van der Waals surface area contributed by atoms with Crippen molar-refractivity contribution in [2.45, 2.75) is 36.2 Å². The maximum atomic E-state index is 12.3. The highest BCUT2D eigenvalue weighted by Crippen LogP contribution is 2.32. The van der Waals surface area contributed by atoms with Crippen LogP contribution in [0.25, 0.3) is 0 Å².